The van der Waals surface area contributed by atoms with Crippen LogP contribution in [0.5, 0.6) is 0 Å². The summed E-state index contributed by atoms with van der Waals surface area (Å²) in [5.41, 5.74) is -0.0587. The normalized spacial score (nSPS) is 14.0. The molecule has 4 rings (SSSR count). The van der Waals surface area contributed by atoms with Gasteiger partial charge in [0.05, 0.1) is 18.7 Å². The maximum Gasteiger partial charge on any atom is 0.416 e. The van der Waals surface area contributed by atoms with E-state index < -0.39 is 17.3 Å². The summed E-state index contributed by atoms with van der Waals surface area (Å²) < 4.78 is 42.2. The Labute approximate surface area is 193 Å². The van der Waals surface area contributed by atoms with Gasteiger partial charge in [0.1, 0.15) is 18.3 Å². The third-order valence-corrected chi connectivity index (χ3v) is 5.45. The third-order valence-electron chi connectivity index (χ3n) is 5.20. The quantitative estimate of drug-likeness (QED) is 0.386. The molecule has 0 spiro atoms. The Kier molecular flexibility index (Phi) is 6.40. The predicted octanol–water partition coefficient (Wildman–Crippen LogP) is 5.51. The summed E-state index contributed by atoms with van der Waals surface area (Å²) in [5, 5.41) is 16.2. The van der Waals surface area contributed by atoms with E-state index in [0.29, 0.717) is 10.6 Å². The molecule has 0 aliphatic heterocycles. The molecule has 1 atom stereocenters. The zero-order valence-electron chi connectivity index (χ0n) is 17.3. The van der Waals surface area contributed by atoms with Gasteiger partial charge < -0.3 is 9.67 Å². The molecular formula is C24H20ClF3N4O. The van der Waals surface area contributed by atoms with Crippen LogP contribution < -0.4 is 0 Å². The van der Waals surface area contributed by atoms with Gasteiger partial charge in [0.25, 0.3) is 0 Å². The first-order valence-electron chi connectivity index (χ1n) is 10.0. The summed E-state index contributed by atoms with van der Waals surface area (Å²) in [6.45, 7) is 0.125. The van der Waals surface area contributed by atoms with E-state index in [2.05, 4.69) is 10.1 Å². The monoisotopic (exact) mass is 472 g/mol. The molecule has 0 aliphatic carbocycles. The van der Waals surface area contributed by atoms with E-state index in [9.17, 15) is 18.3 Å². The van der Waals surface area contributed by atoms with Gasteiger partial charge in [-0.25, -0.2) is 9.67 Å². The highest BCUT2D eigenvalue weighted by atomic mass is 35.5. The second kappa shape index (κ2) is 9.25. The van der Waals surface area contributed by atoms with Gasteiger partial charge in [-0.15, -0.1) is 0 Å². The number of aromatic nitrogens is 4. The standard InChI is InChI=1S/C24H20ClF3N4O/c25-22-9-3-18(4-10-22)1-2-19-11-12-31(13-19)14-23(33,15-32-17-29-16-30-32)20-5-7-21(8-6-20)24(26,27)28/h1-13,16-17,33H,14-15H2. The minimum atomic E-state index is -4.45. The molecule has 1 N–H and O–H groups in total. The van der Waals surface area contributed by atoms with Crippen molar-refractivity contribution in [3.05, 3.63) is 107 Å². The van der Waals surface area contributed by atoms with Gasteiger partial charge >= 0.3 is 6.18 Å². The van der Waals surface area contributed by atoms with E-state index in [4.69, 9.17) is 11.6 Å². The van der Waals surface area contributed by atoms with Crippen molar-refractivity contribution in [2.24, 2.45) is 0 Å². The Morgan fingerprint density at radius 3 is 2.18 bits per heavy atom. The minimum absolute atomic E-state index is 0.0203. The molecule has 0 aliphatic rings. The molecule has 0 amide bonds. The molecular weight excluding hydrogens is 453 g/mol. The molecule has 170 valence electrons. The molecule has 0 fully saturated rings. The van der Waals surface area contributed by atoms with E-state index >= 15 is 0 Å². The number of nitrogens with zero attached hydrogens (tertiary/aromatic N) is 4. The maximum atomic E-state index is 13.0. The van der Waals surface area contributed by atoms with Crippen LogP contribution in [0.3, 0.4) is 0 Å². The SMILES string of the molecule is OC(Cn1ccc(C=Cc2ccc(Cl)cc2)c1)(Cn1cncn1)c1ccc(C(F)(F)F)cc1. The van der Waals surface area contributed by atoms with Crippen molar-refractivity contribution in [1.29, 1.82) is 0 Å². The molecule has 33 heavy (non-hydrogen) atoms. The number of benzene rings is 2. The summed E-state index contributed by atoms with van der Waals surface area (Å²) >= 11 is 5.91. The first-order chi connectivity index (χ1) is 15.7. The van der Waals surface area contributed by atoms with Crippen molar-refractivity contribution >= 4 is 23.8 Å². The van der Waals surface area contributed by atoms with E-state index in [1.54, 1.807) is 22.9 Å². The minimum Gasteiger partial charge on any atom is -0.381 e. The number of halogens is 4. The molecule has 2 heterocycles. The fourth-order valence-corrected chi connectivity index (χ4v) is 3.64. The van der Waals surface area contributed by atoms with Gasteiger partial charge in [0.2, 0.25) is 0 Å². The van der Waals surface area contributed by atoms with Crippen molar-refractivity contribution in [2.75, 3.05) is 0 Å². The lowest BCUT2D eigenvalue weighted by atomic mass is 9.92. The molecule has 2 aromatic heterocycles. The molecule has 5 nitrogen and oxygen atoms in total. The lowest BCUT2D eigenvalue weighted by molar-refractivity contribution is -0.137. The van der Waals surface area contributed by atoms with Crippen LogP contribution >= 0.6 is 11.6 Å². The average molecular weight is 473 g/mol. The molecule has 0 saturated heterocycles. The van der Waals surface area contributed by atoms with Crippen molar-refractivity contribution in [3.63, 3.8) is 0 Å². The highest BCUT2D eigenvalue weighted by Gasteiger charge is 2.34. The van der Waals surface area contributed by atoms with Gasteiger partial charge in [-0.05, 0) is 47.0 Å². The number of alkyl halides is 3. The van der Waals surface area contributed by atoms with Crippen LogP contribution in [0.25, 0.3) is 12.2 Å². The van der Waals surface area contributed by atoms with E-state index in [1.807, 2.05) is 36.5 Å². The summed E-state index contributed by atoms with van der Waals surface area (Å²) in [5.74, 6) is 0. The number of aliphatic hydroxyl groups is 1. The fourth-order valence-electron chi connectivity index (χ4n) is 3.51. The van der Waals surface area contributed by atoms with Gasteiger partial charge in [-0.1, -0.05) is 48.0 Å². The number of rotatable bonds is 7. The van der Waals surface area contributed by atoms with Crippen LogP contribution in [-0.2, 0) is 24.9 Å². The van der Waals surface area contributed by atoms with Crippen molar-refractivity contribution < 1.29 is 18.3 Å². The zero-order chi connectivity index (χ0) is 23.5. The third kappa shape index (κ3) is 5.71. The highest BCUT2D eigenvalue weighted by Crippen LogP contribution is 2.32. The molecule has 4 aromatic rings. The molecule has 0 saturated carbocycles. The fraction of sp³-hybridized carbons (Fsp3) is 0.167. The average Bonchev–Trinajstić information content (AvgIpc) is 3.45. The second-order valence-corrected chi connectivity index (χ2v) is 8.14. The summed E-state index contributed by atoms with van der Waals surface area (Å²) in [7, 11) is 0. The van der Waals surface area contributed by atoms with E-state index in [0.717, 1.165) is 23.3 Å². The van der Waals surface area contributed by atoms with Crippen molar-refractivity contribution in [3.8, 4) is 0 Å². The Hall–Kier alpha value is -3.36. The van der Waals surface area contributed by atoms with Gasteiger partial charge in [-0.3, -0.25) is 0 Å². The Morgan fingerprint density at radius 2 is 1.55 bits per heavy atom. The molecule has 0 bridgehead atoms. The number of hydrogen-bond donors (Lipinski definition) is 1. The smallest absolute Gasteiger partial charge is 0.381 e. The zero-order valence-corrected chi connectivity index (χ0v) is 18.1. The van der Waals surface area contributed by atoms with Crippen LogP contribution in [0, 0.1) is 0 Å². The topological polar surface area (TPSA) is 55.9 Å². The van der Waals surface area contributed by atoms with Gasteiger partial charge in [0, 0.05) is 17.4 Å². The molecule has 2 aromatic carbocycles. The molecule has 9 heteroatoms. The predicted molar refractivity (Wildman–Crippen MR) is 120 cm³/mol. The Morgan fingerprint density at radius 1 is 0.879 bits per heavy atom. The summed E-state index contributed by atoms with van der Waals surface area (Å²) in [6, 6.07) is 13.8. The first-order valence-corrected chi connectivity index (χ1v) is 10.4. The Bertz CT molecular complexity index is 1220. The van der Waals surface area contributed by atoms with Crippen LogP contribution in [0.2, 0.25) is 5.02 Å². The second-order valence-electron chi connectivity index (χ2n) is 7.70. The maximum absolute atomic E-state index is 13.0. The van der Waals surface area contributed by atoms with Crippen molar-refractivity contribution in [1.82, 2.24) is 19.3 Å². The molecule has 0 radical (unpaired) electrons. The van der Waals surface area contributed by atoms with Gasteiger partial charge in [-0.2, -0.15) is 18.3 Å². The first kappa shape index (κ1) is 22.8. The van der Waals surface area contributed by atoms with Crippen LogP contribution in [0.4, 0.5) is 13.2 Å². The molecule has 1 unspecified atom stereocenters. The van der Waals surface area contributed by atoms with Crippen molar-refractivity contribution in [2.45, 2.75) is 24.9 Å². The highest BCUT2D eigenvalue weighted by molar-refractivity contribution is 6.30. The summed E-state index contributed by atoms with van der Waals surface area (Å²) in [4.78, 5) is 3.88. The van der Waals surface area contributed by atoms with E-state index in [-0.39, 0.29) is 13.1 Å². The lowest BCUT2D eigenvalue weighted by Crippen LogP contribution is -2.36. The van der Waals surface area contributed by atoms with Crippen LogP contribution in [-0.4, -0.2) is 24.4 Å². The van der Waals surface area contributed by atoms with E-state index in [1.165, 1.54) is 29.5 Å². The number of hydrogen-bond acceptors (Lipinski definition) is 3. The largest absolute Gasteiger partial charge is 0.416 e. The van der Waals surface area contributed by atoms with Crippen LogP contribution in [0.15, 0.2) is 79.6 Å². The van der Waals surface area contributed by atoms with Crippen LogP contribution in [0.1, 0.15) is 22.3 Å². The Balaban J connectivity index is 1.57. The summed E-state index contributed by atoms with van der Waals surface area (Å²) in [6.07, 6.45) is 5.85. The lowest BCUT2D eigenvalue weighted by Gasteiger charge is -2.29. The van der Waals surface area contributed by atoms with Gasteiger partial charge in [0.15, 0.2) is 0 Å².